The van der Waals surface area contributed by atoms with Gasteiger partial charge in [0.25, 0.3) is 0 Å². The van der Waals surface area contributed by atoms with E-state index in [4.69, 9.17) is 16.7 Å². The van der Waals surface area contributed by atoms with Gasteiger partial charge < -0.3 is 5.11 Å². The minimum Gasteiger partial charge on any atom is -0.478 e. The molecule has 0 amide bonds. The van der Waals surface area contributed by atoms with Crippen LogP contribution in [0.5, 0.6) is 0 Å². The van der Waals surface area contributed by atoms with Crippen LogP contribution >= 0.6 is 11.6 Å². The molecule has 1 aromatic carbocycles. The van der Waals surface area contributed by atoms with Crippen LogP contribution in [0.1, 0.15) is 25.3 Å². The molecule has 4 heteroatoms. The van der Waals surface area contributed by atoms with Crippen molar-refractivity contribution in [3.8, 4) is 0 Å². The van der Waals surface area contributed by atoms with Gasteiger partial charge in [0.05, 0.1) is 0 Å². The third-order valence-electron chi connectivity index (χ3n) is 2.21. The van der Waals surface area contributed by atoms with Crippen LogP contribution < -0.4 is 0 Å². The summed E-state index contributed by atoms with van der Waals surface area (Å²) in [4.78, 5) is 22.6. The van der Waals surface area contributed by atoms with Crippen molar-refractivity contribution in [2.45, 2.75) is 19.8 Å². The largest absolute Gasteiger partial charge is 0.478 e. The first-order valence-corrected chi connectivity index (χ1v) is 5.66. The Bertz CT molecular complexity index is 463. The highest BCUT2D eigenvalue weighted by Gasteiger charge is 2.16. The van der Waals surface area contributed by atoms with Crippen LogP contribution in [0.25, 0.3) is 6.08 Å². The Morgan fingerprint density at radius 1 is 1.35 bits per heavy atom. The van der Waals surface area contributed by atoms with E-state index in [1.165, 1.54) is 6.08 Å². The highest BCUT2D eigenvalue weighted by atomic mass is 35.5. The van der Waals surface area contributed by atoms with Gasteiger partial charge in [0.1, 0.15) is 5.57 Å². The second-order valence-electron chi connectivity index (χ2n) is 3.56. The molecule has 0 unspecified atom stereocenters. The van der Waals surface area contributed by atoms with E-state index >= 15 is 0 Å². The maximum Gasteiger partial charge on any atom is 0.339 e. The molecule has 1 N–H and O–H groups in total. The molecule has 0 aliphatic rings. The molecule has 0 saturated carbocycles. The minimum atomic E-state index is -1.22. The summed E-state index contributed by atoms with van der Waals surface area (Å²) in [7, 11) is 0. The Kier molecular flexibility index (Phi) is 4.91. The number of ketones is 1. The zero-order chi connectivity index (χ0) is 12.8. The minimum absolute atomic E-state index is 0.222. The third kappa shape index (κ3) is 3.71. The van der Waals surface area contributed by atoms with Gasteiger partial charge in [-0.25, -0.2) is 4.79 Å². The summed E-state index contributed by atoms with van der Waals surface area (Å²) in [6, 6.07) is 6.80. The van der Waals surface area contributed by atoms with Gasteiger partial charge in [0, 0.05) is 11.4 Å². The predicted molar refractivity (Wildman–Crippen MR) is 67.0 cm³/mol. The average Bonchev–Trinajstić information content (AvgIpc) is 2.27. The summed E-state index contributed by atoms with van der Waals surface area (Å²) in [5.41, 5.74) is 0.316. The van der Waals surface area contributed by atoms with Gasteiger partial charge in [-0.05, 0) is 24.1 Å². The molecule has 17 heavy (non-hydrogen) atoms. The van der Waals surface area contributed by atoms with Crippen molar-refractivity contribution in [1.82, 2.24) is 0 Å². The van der Waals surface area contributed by atoms with Crippen molar-refractivity contribution in [2.75, 3.05) is 0 Å². The number of carboxylic acid groups (broad SMARTS) is 1. The molecule has 1 aromatic rings. The van der Waals surface area contributed by atoms with Crippen LogP contribution in [-0.4, -0.2) is 16.9 Å². The highest BCUT2D eigenvalue weighted by molar-refractivity contribution is 6.32. The molecule has 0 atom stereocenters. The van der Waals surface area contributed by atoms with Gasteiger partial charge in [0.2, 0.25) is 0 Å². The van der Waals surface area contributed by atoms with Crippen LogP contribution in [0.3, 0.4) is 0 Å². The SMILES string of the molecule is CCCC(=O)C(=Cc1ccccc1Cl)C(=O)O. The van der Waals surface area contributed by atoms with E-state index in [2.05, 4.69) is 0 Å². The summed E-state index contributed by atoms with van der Waals surface area (Å²) in [6.45, 7) is 1.83. The molecule has 3 nitrogen and oxygen atoms in total. The van der Waals surface area contributed by atoms with Gasteiger partial charge in [0.15, 0.2) is 5.78 Å². The van der Waals surface area contributed by atoms with Crippen LogP contribution in [0, 0.1) is 0 Å². The second-order valence-corrected chi connectivity index (χ2v) is 3.97. The Morgan fingerprint density at radius 3 is 2.53 bits per heavy atom. The number of benzene rings is 1. The summed E-state index contributed by atoms with van der Waals surface area (Å²) < 4.78 is 0. The fourth-order valence-corrected chi connectivity index (χ4v) is 1.56. The van der Waals surface area contributed by atoms with E-state index in [9.17, 15) is 9.59 Å². The van der Waals surface area contributed by atoms with Gasteiger partial charge in [-0.3, -0.25) is 4.79 Å². The Labute approximate surface area is 105 Å². The quantitative estimate of drug-likeness (QED) is 0.497. The number of halogens is 1. The molecular formula is C13H13ClO3. The summed E-state index contributed by atoms with van der Waals surface area (Å²) in [5.74, 6) is -1.59. The number of aliphatic carboxylic acids is 1. The van der Waals surface area contributed by atoms with Gasteiger partial charge in [-0.2, -0.15) is 0 Å². The zero-order valence-electron chi connectivity index (χ0n) is 9.44. The Balaban J connectivity index is 3.11. The van der Waals surface area contributed by atoms with E-state index < -0.39 is 5.97 Å². The van der Waals surface area contributed by atoms with E-state index in [0.29, 0.717) is 17.0 Å². The topological polar surface area (TPSA) is 54.4 Å². The lowest BCUT2D eigenvalue weighted by Crippen LogP contribution is -2.11. The highest BCUT2D eigenvalue weighted by Crippen LogP contribution is 2.19. The molecule has 0 heterocycles. The Hall–Kier alpha value is -1.61. The lowest BCUT2D eigenvalue weighted by Gasteiger charge is -2.02. The first-order chi connectivity index (χ1) is 8.06. The molecule has 0 aliphatic carbocycles. The standard InChI is InChI=1S/C13H13ClO3/c1-2-5-12(15)10(13(16)17)8-9-6-3-4-7-11(9)14/h3-4,6-8H,2,5H2,1H3,(H,16,17). The molecular weight excluding hydrogens is 240 g/mol. The smallest absolute Gasteiger partial charge is 0.339 e. The number of carbonyl (C=O) groups excluding carboxylic acids is 1. The van der Waals surface area contributed by atoms with Crippen LogP contribution in [0.2, 0.25) is 5.02 Å². The van der Waals surface area contributed by atoms with E-state index in [1.54, 1.807) is 24.3 Å². The van der Waals surface area contributed by atoms with Crippen molar-refractivity contribution in [3.05, 3.63) is 40.4 Å². The fourth-order valence-electron chi connectivity index (χ4n) is 1.37. The molecule has 0 spiro atoms. The maximum atomic E-state index is 11.6. The van der Waals surface area contributed by atoms with Crippen molar-refractivity contribution in [2.24, 2.45) is 0 Å². The number of rotatable bonds is 5. The zero-order valence-corrected chi connectivity index (χ0v) is 10.2. The molecule has 0 aromatic heterocycles. The van der Waals surface area contributed by atoms with Crippen molar-refractivity contribution >= 4 is 29.4 Å². The number of hydrogen-bond acceptors (Lipinski definition) is 2. The normalized spacial score (nSPS) is 11.3. The van der Waals surface area contributed by atoms with Crippen LogP contribution in [0.4, 0.5) is 0 Å². The maximum absolute atomic E-state index is 11.6. The van der Waals surface area contributed by atoms with Crippen molar-refractivity contribution < 1.29 is 14.7 Å². The molecule has 0 saturated heterocycles. The van der Waals surface area contributed by atoms with Crippen LogP contribution in [-0.2, 0) is 9.59 Å². The molecule has 1 rings (SSSR count). The van der Waals surface area contributed by atoms with E-state index in [0.717, 1.165) is 0 Å². The summed E-state index contributed by atoms with van der Waals surface area (Å²) in [5, 5.41) is 9.42. The lowest BCUT2D eigenvalue weighted by molar-refractivity contribution is -0.134. The lowest BCUT2D eigenvalue weighted by atomic mass is 10.0. The molecule has 0 bridgehead atoms. The monoisotopic (exact) mass is 252 g/mol. The van der Waals surface area contributed by atoms with Crippen molar-refractivity contribution in [1.29, 1.82) is 0 Å². The first kappa shape index (κ1) is 13.5. The number of Topliss-reactive ketones (excluding diaryl/α,β-unsaturated/α-hetero) is 1. The van der Waals surface area contributed by atoms with Gasteiger partial charge in [-0.15, -0.1) is 0 Å². The summed E-state index contributed by atoms with van der Waals surface area (Å²) >= 11 is 5.91. The molecule has 0 fully saturated rings. The van der Waals surface area contributed by atoms with Gasteiger partial charge in [-0.1, -0.05) is 36.7 Å². The molecule has 90 valence electrons. The number of carbonyl (C=O) groups is 2. The van der Waals surface area contributed by atoms with Crippen LogP contribution in [0.15, 0.2) is 29.8 Å². The number of carboxylic acids is 1. The van der Waals surface area contributed by atoms with Gasteiger partial charge >= 0.3 is 5.97 Å². The average molecular weight is 253 g/mol. The summed E-state index contributed by atoms with van der Waals surface area (Å²) in [6.07, 6.45) is 2.16. The molecule has 0 radical (unpaired) electrons. The molecule has 0 aliphatic heterocycles. The number of hydrogen-bond donors (Lipinski definition) is 1. The van der Waals surface area contributed by atoms with Crippen molar-refractivity contribution in [3.63, 3.8) is 0 Å². The predicted octanol–water partition coefficient (Wildman–Crippen LogP) is 3.18. The van der Waals surface area contributed by atoms with E-state index in [-0.39, 0.29) is 17.8 Å². The second kappa shape index (κ2) is 6.21. The third-order valence-corrected chi connectivity index (χ3v) is 2.56. The first-order valence-electron chi connectivity index (χ1n) is 5.29. The fraction of sp³-hybridized carbons (Fsp3) is 0.231. The van der Waals surface area contributed by atoms with E-state index in [1.807, 2.05) is 6.92 Å². The Morgan fingerprint density at radius 2 is 2.00 bits per heavy atom.